The van der Waals surface area contributed by atoms with Gasteiger partial charge in [0.05, 0.1) is 30.8 Å². The molecular weight excluding hydrogens is 406 g/mol. The lowest BCUT2D eigenvalue weighted by molar-refractivity contribution is -0.385. The second-order valence-corrected chi connectivity index (χ2v) is 7.43. The van der Waals surface area contributed by atoms with Gasteiger partial charge in [-0.1, -0.05) is 13.8 Å². The van der Waals surface area contributed by atoms with Crippen LogP contribution in [0.4, 0.5) is 5.69 Å². The molecule has 1 aliphatic rings. The molecule has 31 heavy (non-hydrogen) atoms. The van der Waals surface area contributed by atoms with Crippen LogP contribution in [0.1, 0.15) is 41.8 Å². The summed E-state index contributed by atoms with van der Waals surface area (Å²) in [5.74, 6) is 1.32. The summed E-state index contributed by atoms with van der Waals surface area (Å²) < 4.78 is 27.1. The van der Waals surface area contributed by atoms with Crippen LogP contribution in [0.5, 0.6) is 17.2 Å². The number of carbonyl (C=O) groups is 1. The molecule has 166 valence electrons. The van der Waals surface area contributed by atoms with E-state index >= 15 is 0 Å². The minimum absolute atomic E-state index is 0.0290. The first-order valence-electron chi connectivity index (χ1n) is 9.87. The quantitative estimate of drug-likeness (QED) is 0.329. The van der Waals surface area contributed by atoms with Gasteiger partial charge in [0.15, 0.2) is 18.3 Å². The molecule has 9 heteroatoms. The van der Waals surface area contributed by atoms with Crippen LogP contribution in [0.25, 0.3) is 0 Å². The highest BCUT2D eigenvalue weighted by Gasteiger charge is 2.22. The monoisotopic (exact) mass is 431 g/mol. The number of hydrogen-bond donors (Lipinski definition) is 0. The second kappa shape index (κ2) is 10.1. The van der Waals surface area contributed by atoms with Gasteiger partial charge in [-0.05, 0) is 30.5 Å². The van der Waals surface area contributed by atoms with Gasteiger partial charge >= 0.3 is 5.97 Å². The van der Waals surface area contributed by atoms with E-state index < -0.39 is 10.9 Å². The van der Waals surface area contributed by atoms with Crippen LogP contribution in [0.15, 0.2) is 30.3 Å². The number of nitro groups is 1. The summed E-state index contributed by atoms with van der Waals surface area (Å²) >= 11 is 0. The van der Waals surface area contributed by atoms with Gasteiger partial charge in [0, 0.05) is 23.3 Å². The predicted molar refractivity (Wildman–Crippen MR) is 110 cm³/mol. The van der Waals surface area contributed by atoms with E-state index in [4.69, 9.17) is 23.7 Å². The summed E-state index contributed by atoms with van der Waals surface area (Å²) in [6.07, 6.45) is 0.896. The Labute approximate surface area is 180 Å². The number of carbonyl (C=O) groups excluding carboxylic acids is 1. The van der Waals surface area contributed by atoms with Crippen LogP contribution < -0.4 is 14.2 Å². The van der Waals surface area contributed by atoms with Gasteiger partial charge in [0.2, 0.25) is 0 Å². The number of benzene rings is 2. The Kier molecular flexibility index (Phi) is 7.30. The van der Waals surface area contributed by atoms with Gasteiger partial charge in [-0.3, -0.25) is 10.1 Å². The molecule has 2 aromatic rings. The highest BCUT2D eigenvalue weighted by Crippen LogP contribution is 2.33. The Bertz CT molecular complexity index is 957. The van der Waals surface area contributed by atoms with Gasteiger partial charge in [-0.15, -0.1) is 0 Å². The highest BCUT2D eigenvalue weighted by atomic mass is 16.7. The number of nitrogens with zero attached hydrogens (tertiary/aromatic N) is 1. The van der Waals surface area contributed by atoms with E-state index in [2.05, 4.69) is 13.8 Å². The molecule has 0 bridgehead atoms. The molecule has 1 aliphatic heterocycles. The molecule has 0 saturated carbocycles. The van der Waals surface area contributed by atoms with E-state index in [1.54, 1.807) is 18.2 Å². The smallest absolute Gasteiger partial charge is 0.338 e. The van der Waals surface area contributed by atoms with E-state index in [9.17, 15) is 14.9 Å². The number of esters is 1. The molecule has 0 aromatic heterocycles. The Morgan fingerprint density at radius 3 is 2.74 bits per heavy atom. The summed E-state index contributed by atoms with van der Waals surface area (Å²) in [5.41, 5.74) is 1.09. The van der Waals surface area contributed by atoms with Crippen molar-refractivity contribution in [2.24, 2.45) is 5.92 Å². The van der Waals surface area contributed by atoms with Crippen molar-refractivity contribution in [3.63, 3.8) is 0 Å². The van der Waals surface area contributed by atoms with Crippen LogP contribution >= 0.6 is 0 Å². The van der Waals surface area contributed by atoms with Crippen LogP contribution in [-0.4, -0.2) is 31.4 Å². The van der Waals surface area contributed by atoms with Crippen molar-refractivity contribution in [2.75, 3.05) is 20.5 Å². The molecular formula is C22H25NO8. The number of non-ortho nitro benzene ring substituents is 1. The van der Waals surface area contributed by atoms with Gasteiger partial charge < -0.3 is 23.7 Å². The summed E-state index contributed by atoms with van der Waals surface area (Å²) in [4.78, 5) is 23.3. The number of nitro benzene ring substituents is 1. The molecule has 0 radical (unpaired) electrons. The maximum atomic E-state index is 12.6. The Hall–Kier alpha value is -3.33. The van der Waals surface area contributed by atoms with E-state index in [-0.39, 0.29) is 31.3 Å². The molecule has 0 amide bonds. The summed E-state index contributed by atoms with van der Waals surface area (Å²) in [6.45, 7) is 4.79. The molecule has 0 N–H and O–H groups in total. The Morgan fingerprint density at radius 1 is 1.23 bits per heavy atom. The third-order valence-electron chi connectivity index (χ3n) is 4.69. The summed E-state index contributed by atoms with van der Waals surface area (Å²) in [6, 6.07) is 7.51. The third-order valence-corrected chi connectivity index (χ3v) is 4.69. The minimum Gasteiger partial charge on any atom is -0.493 e. The molecule has 2 aromatic carbocycles. The van der Waals surface area contributed by atoms with E-state index in [1.807, 2.05) is 0 Å². The highest BCUT2D eigenvalue weighted by molar-refractivity contribution is 5.90. The first-order valence-corrected chi connectivity index (χ1v) is 9.87. The SMILES string of the molecule is COc1cc(C(=O)OCc2cc([N+](=O)[O-])cc3c2OCOC3)ccc1OCCC(C)C. The van der Waals surface area contributed by atoms with E-state index in [1.165, 1.54) is 19.2 Å². The molecule has 0 aliphatic carbocycles. The Morgan fingerprint density at radius 2 is 2.03 bits per heavy atom. The van der Waals surface area contributed by atoms with Crippen LogP contribution in [0, 0.1) is 16.0 Å². The van der Waals surface area contributed by atoms with Crippen molar-refractivity contribution in [3.05, 3.63) is 57.1 Å². The standard InChI is InChI=1S/C22H25NO8/c1-14(2)6-7-29-19-5-4-15(10-20(19)27-3)22(24)30-12-17-9-18(23(25)26)8-16-11-28-13-31-21(16)17/h4-5,8-10,14H,6-7,11-13H2,1-3H3. The lowest BCUT2D eigenvalue weighted by Crippen LogP contribution is -2.15. The van der Waals surface area contributed by atoms with E-state index in [0.29, 0.717) is 40.9 Å². The Balaban J connectivity index is 1.72. The molecule has 1 heterocycles. The van der Waals surface area contributed by atoms with Crippen molar-refractivity contribution in [1.82, 2.24) is 0 Å². The largest absolute Gasteiger partial charge is 0.493 e. The molecule has 3 rings (SSSR count). The zero-order valence-corrected chi connectivity index (χ0v) is 17.7. The van der Waals surface area contributed by atoms with Crippen LogP contribution in [-0.2, 0) is 22.7 Å². The molecule has 0 saturated heterocycles. The first kappa shape index (κ1) is 22.4. The second-order valence-electron chi connectivity index (χ2n) is 7.43. The fourth-order valence-electron chi connectivity index (χ4n) is 3.04. The summed E-state index contributed by atoms with van der Waals surface area (Å²) in [5, 5.41) is 11.2. The number of rotatable bonds is 9. The van der Waals surface area contributed by atoms with E-state index in [0.717, 1.165) is 6.42 Å². The lowest BCUT2D eigenvalue weighted by Gasteiger charge is -2.20. The molecule has 0 unspecified atom stereocenters. The van der Waals surface area contributed by atoms with Gasteiger partial charge in [-0.25, -0.2) is 4.79 Å². The fourth-order valence-corrected chi connectivity index (χ4v) is 3.04. The number of ether oxygens (including phenoxy) is 5. The molecule has 0 fully saturated rings. The molecule has 0 spiro atoms. The average molecular weight is 431 g/mol. The maximum absolute atomic E-state index is 12.6. The van der Waals surface area contributed by atoms with Crippen molar-refractivity contribution in [1.29, 1.82) is 0 Å². The lowest BCUT2D eigenvalue weighted by atomic mass is 10.1. The van der Waals surface area contributed by atoms with Gasteiger partial charge in [0.1, 0.15) is 12.4 Å². The van der Waals surface area contributed by atoms with Gasteiger partial charge in [0.25, 0.3) is 5.69 Å². The summed E-state index contributed by atoms with van der Waals surface area (Å²) in [7, 11) is 1.49. The maximum Gasteiger partial charge on any atom is 0.338 e. The third kappa shape index (κ3) is 5.64. The van der Waals surface area contributed by atoms with Crippen molar-refractivity contribution in [3.8, 4) is 17.2 Å². The number of methoxy groups -OCH3 is 1. The minimum atomic E-state index is -0.598. The van der Waals surface area contributed by atoms with Crippen molar-refractivity contribution >= 4 is 11.7 Å². The molecule has 0 atom stereocenters. The van der Waals surface area contributed by atoms with Crippen molar-refractivity contribution in [2.45, 2.75) is 33.5 Å². The fraction of sp³-hybridized carbons (Fsp3) is 0.409. The van der Waals surface area contributed by atoms with Gasteiger partial charge in [-0.2, -0.15) is 0 Å². The van der Waals surface area contributed by atoms with Crippen molar-refractivity contribution < 1.29 is 33.4 Å². The van der Waals surface area contributed by atoms with Crippen LogP contribution in [0.3, 0.4) is 0 Å². The predicted octanol–water partition coefficient (Wildman–Crippen LogP) is 4.25. The normalized spacial score (nSPS) is 12.6. The topological polar surface area (TPSA) is 106 Å². The number of hydrogen-bond acceptors (Lipinski definition) is 8. The zero-order valence-electron chi connectivity index (χ0n) is 17.7. The molecule has 9 nitrogen and oxygen atoms in total. The number of fused-ring (bicyclic) bond motifs is 1. The average Bonchev–Trinajstić information content (AvgIpc) is 2.76. The van der Waals surface area contributed by atoms with Crippen LogP contribution in [0.2, 0.25) is 0 Å². The zero-order chi connectivity index (χ0) is 22.4. The first-order chi connectivity index (χ1) is 14.9.